The van der Waals surface area contributed by atoms with Crippen LogP contribution >= 0.6 is 0 Å². The Bertz CT molecular complexity index is 1340. The van der Waals surface area contributed by atoms with Crippen LogP contribution in [-0.4, -0.2) is 37.0 Å². The number of fused-ring (bicyclic) bond motifs is 2. The van der Waals surface area contributed by atoms with Crippen molar-refractivity contribution in [2.24, 2.45) is 0 Å². The molecular weight excluding hydrogens is 416 g/mol. The fourth-order valence-electron chi connectivity index (χ4n) is 4.31. The summed E-state index contributed by atoms with van der Waals surface area (Å²) in [7, 11) is 1.48. The smallest absolute Gasteiger partial charge is 0.254 e. The highest BCUT2D eigenvalue weighted by molar-refractivity contribution is 6.07. The molecule has 3 aromatic carbocycles. The van der Waals surface area contributed by atoms with Crippen molar-refractivity contribution < 1.29 is 18.7 Å². The lowest BCUT2D eigenvalue weighted by atomic mass is 10.0. The fraction of sp³-hybridized carbons (Fsp3) is 0.185. The van der Waals surface area contributed by atoms with E-state index in [2.05, 4.69) is 5.32 Å². The quantitative estimate of drug-likeness (QED) is 0.480. The van der Waals surface area contributed by atoms with Gasteiger partial charge in [0.1, 0.15) is 18.1 Å². The van der Waals surface area contributed by atoms with E-state index < -0.39 is 0 Å². The van der Waals surface area contributed by atoms with Crippen LogP contribution in [0.2, 0.25) is 0 Å². The van der Waals surface area contributed by atoms with E-state index in [1.165, 1.54) is 7.11 Å². The average molecular weight is 440 g/mol. The number of hydrogen-bond acceptors (Lipinski definition) is 4. The number of furan rings is 1. The number of rotatable bonds is 5. The second-order valence-electron chi connectivity index (χ2n) is 8.12. The highest BCUT2D eigenvalue weighted by Crippen LogP contribution is 2.32. The maximum absolute atomic E-state index is 13.3. The first-order valence-electron chi connectivity index (χ1n) is 10.9. The van der Waals surface area contributed by atoms with E-state index in [0.29, 0.717) is 25.2 Å². The van der Waals surface area contributed by atoms with Crippen molar-refractivity contribution >= 4 is 28.3 Å². The van der Waals surface area contributed by atoms with Gasteiger partial charge in [-0.2, -0.15) is 0 Å². The van der Waals surface area contributed by atoms with Gasteiger partial charge >= 0.3 is 0 Å². The summed E-state index contributed by atoms with van der Waals surface area (Å²) in [6.07, 6.45) is 0.663. The van der Waals surface area contributed by atoms with E-state index in [4.69, 9.17) is 9.15 Å². The summed E-state index contributed by atoms with van der Waals surface area (Å²) in [6.45, 7) is 1.11. The molecule has 0 unspecified atom stereocenters. The van der Waals surface area contributed by atoms with Gasteiger partial charge in [-0.15, -0.1) is 0 Å². The van der Waals surface area contributed by atoms with Crippen LogP contribution in [0.1, 0.15) is 21.7 Å². The second-order valence-corrected chi connectivity index (χ2v) is 8.12. The largest absolute Gasteiger partial charge is 0.461 e. The summed E-state index contributed by atoms with van der Waals surface area (Å²) in [6, 6.07) is 23.3. The highest BCUT2D eigenvalue weighted by Gasteiger charge is 2.26. The van der Waals surface area contributed by atoms with Gasteiger partial charge < -0.3 is 19.4 Å². The van der Waals surface area contributed by atoms with Crippen molar-refractivity contribution in [3.63, 3.8) is 0 Å². The van der Waals surface area contributed by atoms with Crippen molar-refractivity contribution in [3.8, 4) is 11.3 Å². The molecule has 1 aromatic heterocycles. The summed E-state index contributed by atoms with van der Waals surface area (Å²) >= 11 is 0. The Labute approximate surface area is 191 Å². The Kier molecular flexibility index (Phi) is 5.67. The Morgan fingerprint density at radius 3 is 2.73 bits per heavy atom. The molecular formula is C27H24N2O4. The van der Waals surface area contributed by atoms with Crippen molar-refractivity contribution in [2.75, 3.05) is 25.6 Å². The molecule has 0 radical (unpaired) electrons. The summed E-state index contributed by atoms with van der Waals surface area (Å²) in [4.78, 5) is 27.0. The summed E-state index contributed by atoms with van der Waals surface area (Å²) in [5.41, 5.74) is 3.28. The standard InChI is InChI=1S/C27H24N2O4/c1-32-17-26(30)28-21-9-4-8-19(14-21)25-15-20-16-29(13-12-24(20)33-25)27(31)23-11-5-7-18-6-2-3-10-22(18)23/h2-11,14-15H,12-13,16-17H2,1H3,(H,28,30). The van der Waals surface area contributed by atoms with Gasteiger partial charge in [0.25, 0.3) is 5.91 Å². The monoisotopic (exact) mass is 440 g/mol. The minimum Gasteiger partial charge on any atom is -0.461 e. The SMILES string of the molecule is COCC(=O)Nc1cccc(-c2cc3c(o2)CCN(C(=O)c2cccc4ccccc24)C3)c1. The van der Waals surface area contributed by atoms with E-state index in [1.54, 1.807) is 0 Å². The van der Waals surface area contributed by atoms with E-state index in [-0.39, 0.29) is 18.4 Å². The molecule has 5 rings (SSSR count). The first-order valence-corrected chi connectivity index (χ1v) is 10.9. The van der Waals surface area contributed by atoms with Crippen molar-refractivity contribution in [3.05, 3.63) is 89.7 Å². The molecule has 1 aliphatic rings. The second kappa shape index (κ2) is 8.92. The van der Waals surface area contributed by atoms with Crippen molar-refractivity contribution in [2.45, 2.75) is 13.0 Å². The number of nitrogens with one attached hydrogen (secondary N) is 1. The highest BCUT2D eigenvalue weighted by atomic mass is 16.5. The number of carbonyl (C=O) groups excluding carboxylic acids is 2. The zero-order valence-corrected chi connectivity index (χ0v) is 18.3. The molecule has 0 fully saturated rings. The normalized spacial score (nSPS) is 13.1. The van der Waals surface area contributed by atoms with Gasteiger partial charge in [0.05, 0.1) is 0 Å². The van der Waals surface area contributed by atoms with Gasteiger partial charge in [0.15, 0.2) is 0 Å². The Hall–Kier alpha value is -3.90. The molecule has 0 atom stereocenters. The lowest BCUT2D eigenvalue weighted by Crippen LogP contribution is -2.35. The molecule has 166 valence electrons. The van der Waals surface area contributed by atoms with Gasteiger partial charge in [0.2, 0.25) is 5.91 Å². The number of ether oxygens (including phenoxy) is 1. The number of methoxy groups -OCH3 is 1. The summed E-state index contributed by atoms with van der Waals surface area (Å²) in [5, 5.41) is 4.84. The van der Waals surface area contributed by atoms with Gasteiger partial charge in [-0.1, -0.05) is 48.5 Å². The predicted octanol–water partition coefficient (Wildman–Crippen LogP) is 4.88. The van der Waals surface area contributed by atoms with E-state index in [0.717, 1.165) is 39.0 Å². The number of carbonyl (C=O) groups is 2. The number of nitrogens with zero attached hydrogens (tertiary/aromatic N) is 1. The third kappa shape index (κ3) is 4.25. The van der Waals surface area contributed by atoms with Crippen LogP contribution in [0.3, 0.4) is 0 Å². The lowest BCUT2D eigenvalue weighted by Gasteiger charge is -2.26. The molecule has 0 aliphatic carbocycles. The first kappa shape index (κ1) is 21.0. The average Bonchev–Trinajstić information content (AvgIpc) is 3.27. The third-order valence-electron chi connectivity index (χ3n) is 5.88. The molecule has 2 amide bonds. The minimum atomic E-state index is -0.212. The molecule has 4 aromatic rings. The maximum atomic E-state index is 13.3. The first-order chi connectivity index (χ1) is 16.1. The number of amides is 2. The molecule has 0 saturated heterocycles. The Morgan fingerprint density at radius 2 is 1.85 bits per heavy atom. The van der Waals surface area contributed by atoms with Crippen molar-refractivity contribution in [1.29, 1.82) is 0 Å². The maximum Gasteiger partial charge on any atom is 0.254 e. The van der Waals surface area contributed by atoms with Crippen LogP contribution in [0.4, 0.5) is 5.69 Å². The molecule has 6 nitrogen and oxygen atoms in total. The van der Waals surface area contributed by atoms with Gasteiger partial charge in [-0.25, -0.2) is 0 Å². The molecule has 6 heteroatoms. The van der Waals surface area contributed by atoms with Crippen LogP contribution in [0.5, 0.6) is 0 Å². The van der Waals surface area contributed by atoms with Crippen LogP contribution < -0.4 is 5.32 Å². The number of anilines is 1. The number of benzene rings is 3. The lowest BCUT2D eigenvalue weighted by molar-refractivity contribution is -0.119. The zero-order chi connectivity index (χ0) is 22.8. The van der Waals surface area contributed by atoms with Gasteiger partial charge in [-0.05, 0) is 35.0 Å². The minimum absolute atomic E-state index is 0.000159. The number of hydrogen-bond donors (Lipinski definition) is 1. The molecule has 0 bridgehead atoms. The molecule has 0 spiro atoms. The fourth-order valence-corrected chi connectivity index (χ4v) is 4.31. The molecule has 33 heavy (non-hydrogen) atoms. The van der Waals surface area contributed by atoms with Gasteiger partial charge in [-0.3, -0.25) is 9.59 Å². The molecule has 0 saturated carbocycles. The van der Waals surface area contributed by atoms with Crippen LogP contribution in [-0.2, 0) is 22.5 Å². The van der Waals surface area contributed by atoms with Crippen molar-refractivity contribution in [1.82, 2.24) is 4.90 Å². The van der Waals surface area contributed by atoms with E-state index in [1.807, 2.05) is 77.7 Å². The third-order valence-corrected chi connectivity index (χ3v) is 5.88. The van der Waals surface area contributed by atoms with Crippen LogP contribution in [0, 0.1) is 0 Å². The Balaban J connectivity index is 1.37. The van der Waals surface area contributed by atoms with Crippen LogP contribution in [0.25, 0.3) is 22.1 Å². The summed E-state index contributed by atoms with van der Waals surface area (Å²) in [5.74, 6) is 1.45. The molecule has 2 heterocycles. The van der Waals surface area contributed by atoms with E-state index >= 15 is 0 Å². The summed E-state index contributed by atoms with van der Waals surface area (Å²) < 4.78 is 11.0. The predicted molar refractivity (Wildman–Crippen MR) is 127 cm³/mol. The topological polar surface area (TPSA) is 71.8 Å². The van der Waals surface area contributed by atoms with Crippen LogP contribution in [0.15, 0.2) is 77.2 Å². The van der Waals surface area contributed by atoms with E-state index in [9.17, 15) is 9.59 Å². The molecule has 1 aliphatic heterocycles. The zero-order valence-electron chi connectivity index (χ0n) is 18.3. The Morgan fingerprint density at radius 1 is 1.03 bits per heavy atom. The van der Waals surface area contributed by atoms with Gasteiger partial charge in [0, 0.05) is 49.0 Å². The molecule has 1 N–H and O–H groups in total.